The Morgan fingerprint density at radius 1 is 1.13 bits per heavy atom. The highest BCUT2D eigenvalue weighted by Gasteiger charge is 2.19. The van der Waals surface area contributed by atoms with Crippen LogP contribution in [0.25, 0.3) is 21.8 Å². The first-order chi connectivity index (χ1) is 18.4. The molecular formula is C26H28N6O5S. The zero-order valence-corrected chi connectivity index (χ0v) is 21.9. The van der Waals surface area contributed by atoms with Gasteiger partial charge < -0.3 is 39.7 Å². The van der Waals surface area contributed by atoms with Crippen molar-refractivity contribution in [3.8, 4) is 11.5 Å². The van der Waals surface area contributed by atoms with E-state index in [9.17, 15) is 9.59 Å². The average molecular weight is 537 g/mol. The minimum Gasteiger partial charge on any atom is -0.493 e. The first-order valence-electron chi connectivity index (χ1n) is 12.1. The number of aromatic amines is 1. The number of methoxy groups -OCH3 is 2. The van der Waals surface area contributed by atoms with Gasteiger partial charge in [-0.05, 0) is 42.5 Å². The number of hydrogen-bond acceptors (Lipinski definition) is 8. The van der Waals surface area contributed by atoms with E-state index in [2.05, 4.69) is 15.3 Å². The number of hydrogen-bond donors (Lipinski definition) is 3. The van der Waals surface area contributed by atoms with E-state index in [1.54, 1.807) is 54.0 Å². The van der Waals surface area contributed by atoms with Crippen LogP contribution < -0.4 is 20.5 Å². The van der Waals surface area contributed by atoms with Gasteiger partial charge in [-0.1, -0.05) is 0 Å². The maximum Gasteiger partial charge on any atom is 0.267 e. The Kier molecular flexibility index (Phi) is 7.16. The predicted octanol–water partition coefficient (Wildman–Crippen LogP) is 2.75. The number of carbonyl (C=O) groups is 2. The number of nitrogen functional groups attached to an aromatic ring is 1. The molecular weight excluding hydrogens is 508 g/mol. The largest absolute Gasteiger partial charge is 0.493 e. The zero-order valence-electron chi connectivity index (χ0n) is 21.1. The predicted molar refractivity (Wildman–Crippen MR) is 145 cm³/mol. The summed E-state index contributed by atoms with van der Waals surface area (Å²) in [5.41, 5.74) is 8.74. The van der Waals surface area contributed by atoms with Gasteiger partial charge in [-0.25, -0.2) is 4.98 Å². The summed E-state index contributed by atoms with van der Waals surface area (Å²) in [7, 11) is 3.09. The first-order valence-corrected chi connectivity index (χ1v) is 12.5. The lowest BCUT2D eigenvalue weighted by molar-refractivity contribution is 0.0303. The Morgan fingerprint density at radius 3 is 2.61 bits per heavy atom. The molecule has 0 unspecified atom stereocenters. The molecule has 5 rings (SSSR count). The first kappa shape index (κ1) is 25.5. The molecule has 4 N–H and O–H groups in total. The lowest BCUT2D eigenvalue weighted by Gasteiger charge is -2.26. The van der Waals surface area contributed by atoms with E-state index in [4.69, 9.17) is 32.2 Å². The highest BCUT2D eigenvalue weighted by molar-refractivity contribution is 7.71. The van der Waals surface area contributed by atoms with Crippen molar-refractivity contribution in [1.82, 2.24) is 24.8 Å². The molecule has 2 aromatic heterocycles. The highest BCUT2D eigenvalue weighted by atomic mass is 32.1. The van der Waals surface area contributed by atoms with Crippen LogP contribution in [0.1, 0.15) is 20.8 Å². The number of nitrogens with one attached hydrogen (secondary N) is 2. The number of fused-ring (bicyclic) bond motifs is 2. The van der Waals surface area contributed by atoms with Crippen molar-refractivity contribution < 1.29 is 23.8 Å². The van der Waals surface area contributed by atoms with Gasteiger partial charge in [-0.15, -0.1) is 0 Å². The van der Waals surface area contributed by atoms with Crippen LogP contribution in [0.3, 0.4) is 0 Å². The van der Waals surface area contributed by atoms with Crippen molar-refractivity contribution in [3.63, 3.8) is 0 Å². The number of aromatic nitrogens is 3. The topological polar surface area (TPSA) is 137 Å². The molecule has 3 heterocycles. The van der Waals surface area contributed by atoms with Crippen LogP contribution in [0.15, 0.2) is 36.4 Å². The molecule has 1 aliphatic heterocycles. The summed E-state index contributed by atoms with van der Waals surface area (Å²) in [4.78, 5) is 35.0. The normalized spacial score (nSPS) is 13.6. The second-order valence-corrected chi connectivity index (χ2v) is 9.17. The third kappa shape index (κ3) is 4.87. The molecule has 2 aromatic carbocycles. The standard InChI is InChI=1S/C26H28N6O5S/c1-35-21-13-17-19(14-22(21)36-2)30-26(38)32(23(17)27)6-5-28-24(33)20-12-16-11-15(3-4-18(16)29-20)25(34)31-7-9-37-10-8-31/h3-4,11-14,29H,5-10,27H2,1-2H3,(H,28,33). The molecule has 198 valence electrons. The number of rotatable bonds is 7. The van der Waals surface area contributed by atoms with Gasteiger partial charge in [0.15, 0.2) is 11.5 Å². The number of anilines is 1. The number of carbonyl (C=O) groups excluding carboxylic acids is 2. The maximum atomic E-state index is 12.9. The highest BCUT2D eigenvalue weighted by Crippen LogP contribution is 2.33. The molecule has 0 saturated carbocycles. The van der Waals surface area contributed by atoms with E-state index >= 15 is 0 Å². The van der Waals surface area contributed by atoms with Gasteiger partial charge in [0.25, 0.3) is 11.8 Å². The molecule has 0 aliphatic carbocycles. The van der Waals surface area contributed by atoms with E-state index in [0.29, 0.717) is 77.1 Å². The molecule has 1 saturated heterocycles. The number of ether oxygens (including phenoxy) is 3. The van der Waals surface area contributed by atoms with Crippen LogP contribution in [0, 0.1) is 4.77 Å². The number of amides is 2. The van der Waals surface area contributed by atoms with Gasteiger partial charge in [0.2, 0.25) is 4.77 Å². The van der Waals surface area contributed by atoms with Gasteiger partial charge in [-0.2, -0.15) is 0 Å². The molecule has 38 heavy (non-hydrogen) atoms. The number of H-pyrrole nitrogens is 1. The Hall–Kier alpha value is -4.16. The van der Waals surface area contributed by atoms with Gasteiger partial charge >= 0.3 is 0 Å². The molecule has 1 aliphatic rings. The summed E-state index contributed by atoms with van der Waals surface area (Å²) in [6.45, 7) is 2.82. The summed E-state index contributed by atoms with van der Waals surface area (Å²) < 4.78 is 18.0. The fraction of sp³-hybridized carbons (Fsp3) is 0.308. The van der Waals surface area contributed by atoms with Crippen LogP contribution in [0.4, 0.5) is 5.82 Å². The van der Waals surface area contributed by atoms with Crippen molar-refractivity contribution in [3.05, 3.63) is 52.4 Å². The third-order valence-corrected chi connectivity index (χ3v) is 6.86. The SMILES string of the molecule is COc1cc2nc(=S)n(CCNC(=O)c3cc4cc(C(=O)N5CCOCC5)ccc4[nH]3)c(N)c2cc1OC. The van der Waals surface area contributed by atoms with Crippen LogP contribution in [-0.4, -0.2) is 78.3 Å². The molecule has 0 spiro atoms. The van der Waals surface area contributed by atoms with Crippen molar-refractivity contribution in [2.75, 3.05) is 52.8 Å². The minimum atomic E-state index is -0.285. The molecule has 1 fully saturated rings. The number of benzene rings is 2. The number of morpholine rings is 1. The minimum absolute atomic E-state index is 0.0446. The van der Waals surface area contributed by atoms with Crippen LogP contribution >= 0.6 is 12.2 Å². The van der Waals surface area contributed by atoms with Gasteiger partial charge in [0.05, 0.1) is 33.0 Å². The summed E-state index contributed by atoms with van der Waals surface area (Å²) in [5, 5.41) is 4.33. The van der Waals surface area contributed by atoms with Crippen molar-refractivity contribution >= 4 is 51.7 Å². The molecule has 0 bridgehead atoms. The number of nitrogens with two attached hydrogens (primary N) is 1. The Labute approximate surface area is 223 Å². The van der Waals surface area contributed by atoms with E-state index in [1.165, 1.54) is 0 Å². The van der Waals surface area contributed by atoms with E-state index in [-0.39, 0.29) is 18.4 Å². The summed E-state index contributed by atoms with van der Waals surface area (Å²) >= 11 is 5.45. The maximum absolute atomic E-state index is 12.9. The van der Waals surface area contributed by atoms with Crippen molar-refractivity contribution in [2.24, 2.45) is 0 Å². The summed E-state index contributed by atoms with van der Waals surface area (Å²) in [6, 6.07) is 10.6. The van der Waals surface area contributed by atoms with E-state index in [0.717, 1.165) is 10.9 Å². The Bertz CT molecular complexity index is 1590. The third-order valence-electron chi connectivity index (χ3n) is 6.55. The lowest BCUT2D eigenvalue weighted by Crippen LogP contribution is -2.40. The fourth-order valence-electron chi connectivity index (χ4n) is 4.51. The molecule has 11 nitrogen and oxygen atoms in total. The van der Waals surface area contributed by atoms with Crippen molar-refractivity contribution in [1.29, 1.82) is 0 Å². The summed E-state index contributed by atoms with van der Waals surface area (Å²) in [5.74, 6) is 1.14. The zero-order chi connectivity index (χ0) is 26.8. The van der Waals surface area contributed by atoms with Crippen LogP contribution in [0.2, 0.25) is 0 Å². The molecule has 2 amide bonds. The average Bonchev–Trinajstić information content (AvgIpc) is 3.38. The Balaban J connectivity index is 1.29. The van der Waals surface area contributed by atoms with Crippen LogP contribution in [-0.2, 0) is 11.3 Å². The summed E-state index contributed by atoms with van der Waals surface area (Å²) in [6.07, 6.45) is 0. The van der Waals surface area contributed by atoms with Gasteiger partial charge in [0, 0.05) is 54.1 Å². The van der Waals surface area contributed by atoms with Gasteiger partial charge in [-0.3, -0.25) is 9.59 Å². The van der Waals surface area contributed by atoms with E-state index in [1.807, 2.05) is 6.07 Å². The monoisotopic (exact) mass is 536 g/mol. The van der Waals surface area contributed by atoms with Crippen molar-refractivity contribution in [2.45, 2.75) is 6.54 Å². The van der Waals surface area contributed by atoms with Crippen LogP contribution in [0.5, 0.6) is 11.5 Å². The second kappa shape index (κ2) is 10.7. The second-order valence-electron chi connectivity index (χ2n) is 8.80. The molecule has 0 radical (unpaired) electrons. The lowest BCUT2D eigenvalue weighted by atomic mass is 10.1. The number of nitrogens with zero attached hydrogens (tertiary/aromatic N) is 3. The Morgan fingerprint density at radius 2 is 1.87 bits per heavy atom. The smallest absolute Gasteiger partial charge is 0.267 e. The quantitative estimate of drug-likeness (QED) is 0.307. The van der Waals surface area contributed by atoms with E-state index < -0.39 is 0 Å². The fourth-order valence-corrected chi connectivity index (χ4v) is 4.80. The molecule has 4 aromatic rings. The molecule has 12 heteroatoms. The molecule has 0 atom stereocenters. The van der Waals surface area contributed by atoms with Gasteiger partial charge in [0.1, 0.15) is 11.5 Å².